The summed E-state index contributed by atoms with van der Waals surface area (Å²) in [6.45, 7) is 5.81. The molecule has 4 rings (SSSR count). The molecular formula is C17H25N7O. The van der Waals surface area contributed by atoms with Crippen LogP contribution in [0.15, 0.2) is 12.1 Å². The normalized spacial score (nSPS) is 19.1. The maximum Gasteiger partial charge on any atom is 0.223 e. The average Bonchev–Trinajstić information content (AvgIpc) is 3.30. The van der Waals surface area contributed by atoms with Gasteiger partial charge in [0.2, 0.25) is 5.91 Å². The number of hydrogen-bond acceptors (Lipinski definition) is 6. The largest absolute Gasteiger partial charge is 0.353 e. The fourth-order valence-electron chi connectivity index (χ4n) is 3.53. The monoisotopic (exact) mass is 343 g/mol. The van der Waals surface area contributed by atoms with Crippen molar-refractivity contribution in [1.82, 2.24) is 29.6 Å². The van der Waals surface area contributed by atoms with Gasteiger partial charge in [-0.05, 0) is 32.0 Å². The van der Waals surface area contributed by atoms with Crippen LogP contribution in [0.25, 0.3) is 5.65 Å². The molecule has 0 aliphatic carbocycles. The first-order valence-electron chi connectivity index (χ1n) is 9.13. The first-order chi connectivity index (χ1) is 12.2. The Labute approximate surface area is 147 Å². The van der Waals surface area contributed by atoms with Crippen LogP contribution in [-0.2, 0) is 11.2 Å². The van der Waals surface area contributed by atoms with E-state index >= 15 is 0 Å². The molecule has 2 aliphatic rings. The molecule has 0 aromatic carbocycles. The van der Waals surface area contributed by atoms with Crippen molar-refractivity contribution < 1.29 is 4.79 Å². The summed E-state index contributed by atoms with van der Waals surface area (Å²) in [5, 5.41) is 13.2. The second-order valence-electron chi connectivity index (χ2n) is 6.96. The number of carbonyl (C=O) groups excluding carboxylic acids is 1. The van der Waals surface area contributed by atoms with Gasteiger partial charge >= 0.3 is 0 Å². The molecular weight excluding hydrogens is 318 g/mol. The van der Waals surface area contributed by atoms with E-state index in [1.165, 1.54) is 0 Å². The minimum atomic E-state index is 0.212. The van der Waals surface area contributed by atoms with Gasteiger partial charge in [0.15, 0.2) is 11.5 Å². The number of nitrogens with zero attached hydrogens (tertiary/aromatic N) is 7. The molecule has 0 atom stereocenters. The molecule has 8 nitrogen and oxygen atoms in total. The van der Waals surface area contributed by atoms with Crippen molar-refractivity contribution >= 4 is 17.4 Å². The number of rotatable bonds is 4. The second-order valence-corrected chi connectivity index (χ2v) is 6.96. The van der Waals surface area contributed by atoms with Crippen LogP contribution < -0.4 is 4.90 Å². The number of aromatic nitrogens is 4. The van der Waals surface area contributed by atoms with Crippen molar-refractivity contribution in [2.24, 2.45) is 0 Å². The Kier molecular flexibility index (Phi) is 4.52. The third-order valence-corrected chi connectivity index (χ3v) is 5.16. The zero-order valence-corrected chi connectivity index (χ0v) is 14.8. The van der Waals surface area contributed by atoms with Crippen LogP contribution in [0.3, 0.4) is 0 Å². The minimum Gasteiger partial charge on any atom is -0.353 e. The number of hydrogen-bond donors (Lipinski definition) is 0. The van der Waals surface area contributed by atoms with Gasteiger partial charge in [-0.1, -0.05) is 0 Å². The van der Waals surface area contributed by atoms with Crippen LogP contribution in [0.5, 0.6) is 0 Å². The fraction of sp³-hybridized carbons (Fsp3) is 0.647. The Morgan fingerprint density at radius 2 is 1.80 bits per heavy atom. The van der Waals surface area contributed by atoms with Gasteiger partial charge in [-0.2, -0.15) is 4.52 Å². The Hall–Kier alpha value is -2.22. The van der Waals surface area contributed by atoms with Gasteiger partial charge in [-0.15, -0.1) is 15.3 Å². The number of likely N-dealkylation sites (N-methyl/N-ethyl adjacent to an activating group) is 1. The molecule has 2 saturated heterocycles. The summed E-state index contributed by atoms with van der Waals surface area (Å²) in [7, 11) is 2.14. The van der Waals surface area contributed by atoms with E-state index in [2.05, 4.69) is 27.0 Å². The van der Waals surface area contributed by atoms with Gasteiger partial charge < -0.3 is 14.7 Å². The minimum absolute atomic E-state index is 0.212. The van der Waals surface area contributed by atoms with Gasteiger partial charge in [0.1, 0.15) is 5.82 Å². The van der Waals surface area contributed by atoms with Crippen LogP contribution >= 0.6 is 0 Å². The molecule has 8 heteroatoms. The number of fused-ring (bicyclic) bond motifs is 1. The molecule has 0 radical (unpaired) electrons. The van der Waals surface area contributed by atoms with E-state index in [0.717, 1.165) is 69.4 Å². The summed E-state index contributed by atoms with van der Waals surface area (Å²) < 4.78 is 1.80. The van der Waals surface area contributed by atoms with E-state index in [1.54, 1.807) is 4.52 Å². The zero-order chi connectivity index (χ0) is 17.2. The third kappa shape index (κ3) is 3.44. The summed E-state index contributed by atoms with van der Waals surface area (Å²) in [5.74, 6) is 1.93. The standard InChI is InChI=1S/C17H25N7O/c1-21-10-12-22(13-11-21)16-5-4-14-18-19-15(24(14)20-16)6-7-17(25)23-8-2-3-9-23/h4-5H,2-3,6-13H2,1H3. The Bertz CT molecular complexity index is 745. The lowest BCUT2D eigenvalue weighted by molar-refractivity contribution is -0.130. The van der Waals surface area contributed by atoms with Crippen molar-refractivity contribution in [3.63, 3.8) is 0 Å². The molecule has 0 unspecified atom stereocenters. The highest BCUT2D eigenvalue weighted by Gasteiger charge is 2.20. The summed E-state index contributed by atoms with van der Waals surface area (Å²) in [6, 6.07) is 3.97. The lowest BCUT2D eigenvalue weighted by Gasteiger charge is -2.33. The van der Waals surface area contributed by atoms with Gasteiger partial charge in [0.05, 0.1) is 0 Å². The van der Waals surface area contributed by atoms with Crippen LogP contribution in [0.4, 0.5) is 5.82 Å². The Morgan fingerprint density at radius 1 is 1.04 bits per heavy atom. The van der Waals surface area contributed by atoms with E-state index in [-0.39, 0.29) is 5.91 Å². The molecule has 4 heterocycles. The number of anilines is 1. The lowest BCUT2D eigenvalue weighted by Crippen LogP contribution is -2.45. The molecule has 2 aromatic heterocycles. The summed E-state index contributed by atoms with van der Waals surface area (Å²) in [5.41, 5.74) is 0.737. The van der Waals surface area contributed by atoms with E-state index in [0.29, 0.717) is 12.8 Å². The number of likely N-dealkylation sites (tertiary alicyclic amines) is 1. The third-order valence-electron chi connectivity index (χ3n) is 5.16. The zero-order valence-electron chi connectivity index (χ0n) is 14.8. The lowest BCUT2D eigenvalue weighted by atomic mass is 10.2. The molecule has 1 amide bonds. The maximum absolute atomic E-state index is 12.3. The highest BCUT2D eigenvalue weighted by atomic mass is 16.2. The predicted molar refractivity (Wildman–Crippen MR) is 94.6 cm³/mol. The van der Waals surface area contributed by atoms with Crippen molar-refractivity contribution in [2.75, 3.05) is 51.2 Å². The smallest absolute Gasteiger partial charge is 0.223 e. The molecule has 0 saturated carbocycles. The van der Waals surface area contributed by atoms with Crippen molar-refractivity contribution in [3.05, 3.63) is 18.0 Å². The number of aryl methyl sites for hydroxylation is 1. The van der Waals surface area contributed by atoms with Gasteiger partial charge in [0, 0.05) is 52.1 Å². The Balaban J connectivity index is 1.47. The van der Waals surface area contributed by atoms with Gasteiger partial charge in [-0.3, -0.25) is 4.79 Å². The topological polar surface area (TPSA) is 69.9 Å². The summed E-state index contributed by atoms with van der Waals surface area (Å²) >= 11 is 0. The van der Waals surface area contributed by atoms with E-state index in [4.69, 9.17) is 5.10 Å². The van der Waals surface area contributed by atoms with Gasteiger partial charge in [0.25, 0.3) is 0 Å². The molecule has 0 spiro atoms. The van der Waals surface area contributed by atoms with Crippen molar-refractivity contribution in [2.45, 2.75) is 25.7 Å². The van der Waals surface area contributed by atoms with Crippen molar-refractivity contribution in [3.8, 4) is 0 Å². The summed E-state index contributed by atoms with van der Waals surface area (Å²) in [6.07, 6.45) is 3.29. The van der Waals surface area contributed by atoms with Crippen LogP contribution in [0.1, 0.15) is 25.1 Å². The maximum atomic E-state index is 12.3. The number of piperazine rings is 1. The first kappa shape index (κ1) is 16.3. The van der Waals surface area contributed by atoms with E-state index in [1.807, 2.05) is 17.0 Å². The number of carbonyl (C=O) groups is 1. The van der Waals surface area contributed by atoms with Crippen LogP contribution in [0, 0.1) is 0 Å². The van der Waals surface area contributed by atoms with Crippen molar-refractivity contribution in [1.29, 1.82) is 0 Å². The fourth-order valence-corrected chi connectivity index (χ4v) is 3.53. The van der Waals surface area contributed by atoms with Gasteiger partial charge in [-0.25, -0.2) is 0 Å². The average molecular weight is 343 g/mol. The highest BCUT2D eigenvalue weighted by Crippen LogP contribution is 2.15. The molecule has 2 aromatic rings. The highest BCUT2D eigenvalue weighted by molar-refractivity contribution is 5.76. The molecule has 2 fully saturated rings. The molecule has 25 heavy (non-hydrogen) atoms. The SMILES string of the molecule is CN1CCN(c2ccc3nnc(CCC(=O)N4CCCC4)n3n2)CC1. The number of amides is 1. The summed E-state index contributed by atoms with van der Waals surface area (Å²) in [4.78, 5) is 18.8. The second kappa shape index (κ2) is 6.95. The Morgan fingerprint density at radius 3 is 2.56 bits per heavy atom. The van der Waals surface area contributed by atoms with Crippen LogP contribution in [-0.4, -0.2) is 81.8 Å². The quantitative estimate of drug-likeness (QED) is 0.802. The van der Waals surface area contributed by atoms with E-state index in [9.17, 15) is 4.79 Å². The predicted octanol–water partition coefficient (Wildman–Crippen LogP) is 0.431. The first-order valence-corrected chi connectivity index (χ1v) is 9.13. The molecule has 0 bridgehead atoms. The molecule has 134 valence electrons. The van der Waals surface area contributed by atoms with E-state index < -0.39 is 0 Å². The molecule has 0 N–H and O–H groups in total. The van der Waals surface area contributed by atoms with Crippen LogP contribution in [0.2, 0.25) is 0 Å². The molecule has 2 aliphatic heterocycles.